The van der Waals surface area contributed by atoms with Crippen molar-refractivity contribution in [3.63, 3.8) is 0 Å². The van der Waals surface area contributed by atoms with Gasteiger partial charge in [-0.2, -0.15) is 0 Å². The molecular formula is C18H30O2. The molecule has 0 aromatic heterocycles. The lowest BCUT2D eigenvalue weighted by molar-refractivity contribution is -0.317. The Labute approximate surface area is 123 Å². The van der Waals surface area contributed by atoms with Gasteiger partial charge >= 0.3 is 0 Å². The largest absolute Gasteiger partial charge is 0.365 e. The Kier molecular flexibility index (Phi) is 2.72. The van der Waals surface area contributed by atoms with Gasteiger partial charge in [-0.25, -0.2) is 0 Å². The zero-order valence-electron chi connectivity index (χ0n) is 13.3. The number of hydrogen-bond donors (Lipinski definition) is 1. The molecule has 20 heavy (non-hydrogen) atoms. The lowest BCUT2D eigenvalue weighted by atomic mass is 9.49. The Hall–Kier alpha value is -0.0800. The van der Waals surface area contributed by atoms with Gasteiger partial charge in [-0.3, -0.25) is 0 Å². The first-order valence-corrected chi connectivity index (χ1v) is 8.81. The molecular weight excluding hydrogens is 248 g/mol. The predicted octanol–water partition coefficient (Wildman–Crippen LogP) is 4.12. The van der Waals surface area contributed by atoms with Gasteiger partial charge in [0.2, 0.25) is 0 Å². The minimum absolute atomic E-state index is 0.0363. The second-order valence-electron chi connectivity index (χ2n) is 8.88. The highest BCUT2D eigenvalue weighted by Gasteiger charge is 2.65. The van der Waals surface area contributed by atoms with Gasteiger partial charge in [0.25, 0.3) is 0 Å². The molecule has 0 radical (unpaired) electrons. The Morgan fingerprint density at radius 1 is 1.00 bits per heavy atom. The monoisotopic (exact) mass is 278 g/mol. The first-order valence-electron chi connectivity index (χ1n) is 8.81. The third kappa shape index (κ3) is 1.58. The second-order valence-corrected chi connectivity index (χ2v) is 8.88. The van der Waals surface area contributed by atoms with Crippen molar-refractivity contribution < 1.29 is 9.84 Å². The summed E-state index contributed by atoms with van der Waals surface area (Å²) < 4.78 is 6.62. The van der Waals surface area contributed by atoms with Crippen molar-refractivity contribution in [2.45, 2.75) is 83.5 Å². The van der Waals surface area contributed by atoms with Gasteiger partial charge in [0.1, 0.15) is 0 Å². The lowest BCUT2D eigenvalue weighted by Gasteiger charge is -2.60. The summed E-state index contributed by atoms with van der Waals surface area (Å²) >= 11 is 0. The summed E-state index contributed by atoms with van der Waals surface area (Å²) in [4.78, 5) is 0. The maximum atomic E-state index is 11.1. The number of hydrogen-bond acceptors (Lipinski definition) is 2. The average Bonchev–Trinajstić information content (AvgIpc) is 2.77. The lowest BCUT2D eigenvalue weighted by Crippen LogP contribution is -2.59. The zero-order valence-corrected chi connectivity index (χ0v) is 13.3. The molecule has 1 unspecified atom stereocenters. The number of rotatable bonds is 2. The topological polar surface area (TPSA) is 29.5 Å². The van der Waals surface area contributed by atoms with E-state index in [1.54, 1.807) is 0 Å². The zero-order chi connectivity index (χ0) is 14.2. The maximum absolute atomic E-state index is 11.1. The van der Waals surface area contributed by atoms with E-state index in [1.165, 1.54) is 32.1 Å². The van der Waals surface area contributed by atoms with E-state index in [0.717, 1.165) is 42.9 Å². The first kappa shape index (κ1) is 13.6. The van der Waals surface area contributed by atoms with Crippen molar-refractivity contribution in [2.24, 2.45) is 29.1 Å². The molecule has 5 rings (SSSR count). The molecule has 0 aromatic rings. The van der Waals surface area contributed by atoms with Gasteiger partial charge < -0.3 is 9.84 Å². The van der Waals surface area contributed by atoms with Crippen LogP contribution in [0.2, 0.25) is 0 Å². The van der Waals surface area contributed by atoms with Crippen molar-refractivity contribution in [3.05, 3.63) is 0 Å². The summed E-state index contributed by atoms with van der Waals surface area (Å²) in [5.41, 5.74) is -0.0974. The van der Waals surface area contributed by atoms with E-state index in [-0.39, 0.29) is 11.0 Å². The second kappa shape index (κ2) is 4.01. The molecule has 0 amide bonds. The van der Waals surface area contributed by atoms with E-state index in [1.807, 2.05) is 0 Å². The molecule has 2 heteroatoms. The SMILES string of the molecule is CCC(C)(C)C1(O)CCC2(O1)C1CC3CC(C1)CC2C3. The van der Waals surface area contributed by atoms with E-state index in [9.17, 15) is 5.11 Å². The van der Waals surface area contributed by atoms with Crippen LogP contribution in [-0.4, -0.2) is 16.5 Å². The molecule has 5 aliphatic rings. The highest BCUT2D eigenvalue weighted by Crippen LogP contribution is 2.65. The van der Waals surface area contributed by atoms with Crippen molar-refractivity contribution in [3.8, 4) is 0 Å². The summed E-state index contributed by atoms with van der Waals surface area (Å²) in [7, 11) is 0. The highest BCUT2D eigenvalue weighted by molar-refractivity contribution is 5.12. The molecule has 114 valence electrons. The van der Waals surface area contributed by atoms with Crippen LogP contribution in [0.1, 0.15) is 72.1 Å². The van der Waals surface area contributed by atoms with Crippen LogP contribution in [0.4, 0.5) is 0 Å². The predicted molar refractivity (Wildman–Crippen MR) is 79.1 cm³/mol. The summed E-state index contributed by atoms with van der Waals surface area (Å²) in [5, 5.41) is 11.1. The van der Waals surface area contributed by atoms with E-state index >= 15 is 0 Å². The summed E-state index contributed by atoms with van der Waals surface area (Å²) in [6.45, 7) is 6.51. The molecule has 4 aliphatic carbocycles. The summed E-state index contributed by atoms with van der Waals surface area (Å²) in [5.74, 6) is 2.52. The fourth-order valence-electron chi connectivity index (χ4n) is 6.09. The fraction of sp³-hybridized carbons (Fsp3) is 1.00. The molecule has 0 aromatic carbocycles. The molecule has 5 fully saturated rings. The summed E-state index contributed by atoms with van der Waals surface area (Å²) in [6.07, 6.45) is 9.88. The van der Waals surface area contributed by atoms with Crippen molar-refractivity contribution in [2.75, 3.05) is 0 Å². The van der Waals surface area contributed by atoms with Gasteiger partial charge in [0, 0.05) is 11.8 Å². The van der Waals surface area contributed by atoms with Crippen LogP contribution < -0.4 is 0 Å². The molecule has 1 heterocycles. The van der Waals surface area contributed by atoms with Crippen LogP contribution in [0, 0.1) is 29.1 Å². The quantitative estimate of drug-likeness (QED) is 0.823. The van der Waals surface area contributed by atoms with E-state index in [0.29, 0.717) is 0 Å². The molecule has 4 saturated carbocycles. The van der Waals surface area contributed by atoms with E-state index in [4.69, 9.17) is 4.74 Å². The molecule has 2 nitrogen and oxygen atoms in total. The first-order chi connectivity index (χ1) is 9.38. The Balaban J connectivity index is 1.64. The van der Waals surface area contributed by atoms with Crippen LogP contribution in [0.5, 0.6) is 0 Å². The van der Waals surface area contributed by atoms with Crippen molar-refractivity contribution >= 4 is 0 Å². The minimum atomic E-state index is -0.892. The Morgan fingerprint density at radius 2 is 1.55 bits per heavy atom. The number of ether oxygens (including phenoxy) is 1. The van der Waals surface area contributed by atoms with Crippen LogP contribution in [0.25, 0.3) is 0 Å². The minimum Gasteiger partial charge on any atom is -0.365 e. The van der Waals surface area contributed by atoms with Gasteiger partial charge in [0.15, 0.2) is 5.79 Å². The van der Waals surface area contributed by atoms with Crippen LogP contribution in [0.3, 0.4) is 0 Å². The third-order valence-corrected chi connectivity index (χ3v) is 7.68. The standard InChI is InChI=1S/C18H30O2/c1-4-16(2,3)18(19)6-5-17(20-18)14-8-12-7-13(10-14)11-15(17)9-12/h12-15,19H,4-11H2,1-3H3. The average molecular weight is 278 g/mol. The van der Waals surface area contributed by atoms with E-state index < -0.39 is 5.79 Å². The van der Waals surface area contributed by atoms with Gasteiger partial charge in [-0.05, 0) is 68.6 Å². The van der Waals surface area contributed by atoms with Crippen LogP contribution in [-0.2, 0) is 4.74 Å². The highest BCUT2D eigenvalue weighted by atomic mass is 16.6. The van der Waals surface area contributed by atoms with E-state index in [2.05, 4.69) is 20.8 Å². The van der Waals surface area contributed by atoms with Gasteiger partial charge in [-0.1, -0.05) is 20.8 Å². The van der Waals surface area contributed by atoms with Crippen molar-refractivity contribution in [1.82, 2.24) is 0 Å². The smallest absolute Gasteiger partial charge is 0.171 e. The van der Waals surface area contributed by atoms with Gasteiger partial charge in [-0.15, -0.1) is 0 Å². The fourth-order valence-corrected chi connectivity index (χ4v) is 6.09. The molecule has 1 spiro atoms. The Bertz CT molecular complexity index is 386. The molecule has 4 bridgehead atoms. The van der Waals surface area contributed by atoms with Crippen molar-refractivity contribution in [1.29, 1.82) is 0 Å². The maximum Gasteiger partial charge on any atom is 0.171 e. The normalized spacial score (nSPS) is 54.0. The third-order valence-electron chi connectivity index (χ3n) is 7.68. The van der Waals surface area contributed by atoms with Crippen LogP contribution in [0.15, 0.2) is 0 Å². The molecule has 1 saturated heterocycles. The number of aliphatic hydroxyl groups is 1. The molecule has 1 N–H and O–H groups in total. The Morgan fingerprint density at radius 3 is 2.05 bits per heavy atom. The molecule has 1 aliphatic heterocycles. The van der Waals surface area contributed by atoms with Gasteiger partial charge in [0.05, 0.1) is 5.60 Å². The summed E-state index contributed by atoms with van der Waals surface area (Å²) in [6, 6.07) is 0. The molecule has 1 atom stereocenters. The van der Waals surface area contributed by atoms with Crippen LogP contribution >= 0.6 is 0 Å².